The van der Waals surface area contributed by atoms with Crippen LogP contribution in [0.5, 0.6) is 0 Å². The van der Waals surface area contributed by atoms with Crippen LogP contribution >= 0.6 is 0 Å². The molecule has 4 rings (SSSR count). The average molecular weight is 291 g/mol. The minimum atomic E-state index is 0.764. The van der Waals surface area contributed by atoms with Crippen LogP contribution in [0, 0.1) is 12.8 Å². The largest absolute Gasteiger partial charge is 0.344 e. The predicted molar refractivity (Wildman–Crippen MR) is 95.5 cm³/mol. The van der Waals surface area contributed by atoms with E-state index in [1.807, 2.05) is 0 Å². The maximum absolute atomic E-state index is 2.45. The van der Waals surface area contributed by atoms with Gasteiger partial charge in [0.2, 0.25) is 0 Å². The third-order valence-electron chi connectivity index (χ3n) is 5.68. The Kier molecular flexibility index (Phi) is 3.25. The second kappa shape index (κ2) is 5.15. The van der Waals surface area contributed by atoms with Crippen LogP contribution in [-0.4, -0.2) is 4.57 Å². The highest BCUT2D eigenvalue weighted by molar-refractivity contribution is 6.08. The summed E-state index contributed by atoms with van der Waals surface area (Å²) in [6.45, 7) is 4.57. The molecular weight excluding hydrogens is 266 g/mol. The van der Waals surface area contributed by atoms with E-state index < -0.39 is 0 Å². The lowest BCUT2D eigenvalue weighted by Crippen LogP contribution is -2.10. The van der Waals surface area contributed by atoms with Gasteiger partial charge in [-0.2, -0.15) is 0 Å². The van der Waals surface area contributed by atoms with E-state index in [1.54, 1.807) is 5.56 Å². The molecule has 114 valence electrons. The molecule has 0 spiro atoms. The molecule has 0 saturated heterocycles. The highest BCUT2D eigenvalue weighted by Crippen LogP contribution is 2.38. The van der Waals surface area contributed by atoms with Crippen molar-refractivity contribution in [1.29, 1.82) is 0 Å². The zero-order valence-corrected chi connectivity index (χ0v) is 13.9. The fourth-order valence-corrected chi connectivity index (χ4v) is 4.18. The first kappa shape index (κ1) is 13.9. The predicted octanol–water partition coefficient (Wildman–Crippen LogP) is 5.93. The number of nitrogens with zero attached hydrogens (tertiary/aromatic N) is 1. The molecule has 1 aliphatic carbocycles. The van der Waals surface area contributed by atoms with Crippen LogP contribution in [0.3, 0.4) is 0 Å². The lowest BCUT2D eigenvalue weighted by atomic mass is 9.79. The third-order valence-corrected chi connectivity index (χ3v) is 5.68. The molecule has 1 aromatic heterocycles. The summed E-state index contributed by atoms with van der Waals surface area (Å²) in [5.74, 6) is 1.68. The van der Waals surface area contributed by atoms with E-state index in [2.05, 4.69) is 61.9 Å². The second-order valence-electron chi connectivity index (χ2n) is 7.31. The Morgan fingerprint density at radius 3 is 2.23 bits per heavy atom. The highest BCUT2D eigenvalue weighted by atomic mass is 14.9. The summed E-state index contributed by atoms with van der Waals surface area (Å²) in [7, 11) is 2.21. The van der Waals surface area contributed by atoms with Crippen molar-refractivity contribution in [3.05, 3.63) is 47.5 Å². The van der Waals surface area contributed by atoms with Crippen molar-refractivity contribution < 1.29 is 0 Å². The first-order valence-corrected chi connectivity index (χ1v) is 8.62. The summed E-state index contributed by atoms with van der Waals surface area (Å²) < 4.78 is 2.37. The van der Waals surface area contributed by atoms with Gasteiger partial charge in [-0.25, -0.2) is 0 Å². The van der Waals surface area contributed by atoms with Crippen molar-refractivity contribution in [3.63, 3.8) is 0 Å². The van der Waals surface area contributed by atoms with E-state index in [0.717, 1.165) is 11.8 Å². The molecule has 0 amide bonds. The molecule has 0 radical (unpaired) electrons. The monoisotopic (exact) mass is 291 g/mol. The van der Waals surface area contributed by atoms with Crippen LogP contribution in [0.2, 0.25) is 0 Å². The molecule has 3 aromatic rings. The molecule has 1 heteroatoms. The Morgan fingerprint density at radius 2 is 1.50 bits per heavy atom. The Labute approximate surface area is 132 Å². The molecule has 1 heterocycles. The van der Waals surface area contributed by atoms with E-state index in [1.165, 1.54) is 53.1 Å². The normalized spacial score (nSPS) is 22.5. The van der Waals surface area contributed by atoms with Crippen LogP contribution in [0.25, 0.3) is 21.8 Å². The first-order valence-electron chi connectivity index (χ1n) is 8.62. The van der Waals surface area contributed by atoms with Crippen molar-refractivity contribution in [2.24, 2.45) is 13.0 Å². The maximum Gasteiger partial charge on any atom is 0.0491 e. The molecule has 0 N–H and O–H groups in total. The summed E-state index contributed by atoms with van der Waals surface area (Å²) in [6.07, 6.45) is 5.49. The second-order valence-corrected chi connectivity index (χ2v) is 7.31. The average Bonchev–Trinajstić information content (AvgIpc) is 2.80. The van der Waals surface area contributed by atoms with Gasteiger partial charge in [-0.05, 0) is 54.9 Å². The van der Waals surface area contributed by atoms with E-state index in [9.17, 15) is 0 Å². The number of aromatic nitrogens is 1. The Morgan fingerprint density at radius 1 is 0.864 bits per heavy atom. The van der Waals surface area contributed by atoms with Crippen LogP contribution in [0.4, 0.5) is 0 Å². The highest BCUT2D eigenvalue weighted by Gasteiger charge is 2.20. The van der Waals surface area contributed by atoms with Gasteiger partial charge in [-0.1, -0.05) is 44.0 Å². The summed E-state index contributed by atoms with van der Waals surface area (Å²) in [5, 5.41) is 2.78. The Balaban J connectivity index is 1.83. The van der Waals surface area contributed by atoms with Gasteiger partial charge < -0.3 is 4.57 Å². The molecule has 0 bridgehead atoms. The van der Waals surface area contributed by atoms with Crippen LogP contribution in [-0.2, 0) is 7.05 Å². The van der Waals surface area contributed by atoms with Gasteiger partial charge in [0.25, 0.3) is 0 Å². The van der Waals surface area contributed by atoms with E-state index >= 15 is 0 Å². The van der Waals surface area contributed by atoms with Crippen molar-refractivity contribution in [3.8, 4) is 0 Å². The van der Waals surface area contributed by atoms with Gasteiger partial charge in [0, 0.05) is 28.9 Å². The zero-order valence-electron chi connectivity index (χ0n) is 13.9. The van der Waals surface area contributed by atoms with Gasteiger partial charge in [0.05, 0.1) is 0 Å². The number of hydrogen-bond acceptors (Lipinski definition) is 0. The van der Waals surface area contributed by atoms with Crippen LogP contribution in [0.1, 0.15) is 49.7 Å². The molecular formula is C21H25N. The molecule has 2 aromatic carbocycles. The van der Waals surface area contributed by atoms with Crippen molar-refractivity contribution in [2.45, 2.75) is 45.4 Å². The number of rotatable bonds is 1. The number of hydrogen-bond donors (Lipinski definition) is 0. The van der Waals surface area contributed by atoms with Crippen molar-refractivity contribution in [1.82, 2.24) is 4.57 Å². The van der Waals surface area contributed by atoms with Gasteiger partial charge in [-0.15, -0.1) is 0 Å². The lowest BCUT2D eigenvalue weighted by Gasteiger charge is -2.26. The molecule has 0 atom stereocenters. The molecule has 0 aliphatic heterocycles. The standard InChI is InChI=1S/C21H25N/c1-14-4-7-16(8-5-14)17-9-11-19-18-10-6-15(2)12-20(18)22(3)21(19)13-17/h6,9-14,16H,4-5,7-8H2,1-3H3. The Bertz CT molecular complexity index is 832. The summed E-state index contributed by atoms with van der Waals surface area (Å²) in [5.41, 5.74) is 5.61. The smallest absolute Gasteiger partial charge is 0.0491 e. The summed E-state index contributed by atoms with van der Waals surface area (Å²) in [6, 6.07) is 14.0. The van der Waals surface area contributed by atoms with Gasteiger partial charge >= 0.3 is 0 Å². The van der Waals surface area contributed by atoms with Gasteiger partial charge in [0.1, 0.15) is 0 Å². The Hall–Kier alpha value is -1.76. The molecule has 22 heavy (non-hydrogen) atoms. The maximum atomic E-state index is 2.45. The quantitative estimate of drug-likeness (QED) is 0.523. The lowest BCUT2D eigenvalue weighted by molar-refractivity contribution is 0.348. The molecule has 0 unspecified atom stereocenters. The first-order chi connectivity index (χ1) is 10.6. The van der Waals surface area contributed by atoms with Crippen molar-refractivity contribution in [2.75, 3.05) is 0 Å². The molecule has 1 fully saturated rings. The fourth-order valence-electron chi connectivity index (χ4n) is 4.18. The molecule has 1 nitrogen and oxygen atoms in total. The molecule has 1 aliphatic rings. The number of benzene rings is 2. The number of aryl methyl sites for hydroxylation is 2. The third kappa shape index (κ3) is 2.15. The number of fused-ring (bicyclic) bond motifs is 3. The summed E-state index contributed by atoms with van der Waals surface area (Å²) >= 11 is 0. The minimum Gasteiger partial charge on any atom is -0.344 e. The van der Waals surface area contributed by atoms with E-state index in [4.69, 9.17) is 0 Å². The van der Waals surface area contributed by atoms with Crippen LogP contribution in [0.15, 0.2) is 36.4 Å². The summed E-state index contributed by atoms with van der Waals surface area (Å²) in [4.78, 5) is 0. The van der Waals surface area contributed by atoms with Crippen molar-refractivity contribution >= 4 is 21.8 Å². The van der Waals surface area contributed by atoms with Gasteiger partial charge in [-0.3, -0.25) is 0 Å². The SMILES string of the molecule is Cc1ccc2c3ccc(C4CCC(C)CC4)cc3n(C)c2c1. The zero-order chi connectivity index (χ0) is 15.3. The fraction of sp³-hybridized carbons (Fsp3) is 0.429. The van der Waals surface area contributed by atoms with E-state index in [-0.39, 0.29) is 0 Å². The van der Waals surface area contributed by atoms with E-state index in [0.29, 0.717) is 0 Å². The minimum absolute atomic E-state index is 0.764. The molecule has 1 saturated carbocycles. The van der Waals surface area contributed by atoms with Crippen LogP contribution < -0.4 is 0 Å². The van der Waals surface area contributed by atoms with Gasteiger partial charge in [0.15, 0.2) is 0 Å². The topological polar surface area (TPSA) is 4.93 Å².